The minimum Gasteiger partial charge on any atom is -0.443 e. The Kier molecular flexibility index (Phi) is 4.25. The monoisotopic (exact) mass is 356 g/mol. The van der Waals surface area contributed by atoms with Gasteiger partial charge in [-0.25, -0.2) is 4.98 Å². The van der Waals surface area contributed by atoms with E-state index in [0.29, 0.717) is 17.3 Å². The molecule has 0 unspecified atom stereocenters. The van der Waals surface area contributed by atoms with Crippen LogP contribution in [0.4, 0.5) is 0 Å². The normalized spacial score (nSPS) is 11.2. The summed E-state index contributed by atoms with van der Waals surface area (Å²) in [6, 6.07) is 12.0. The second-order valence-corrected chi connectivity index (χ2v) is 6.27. The minimum atomic E-state index is 0.650. The van der Waals surface area contributed by atoms with E-state index >= 15 is 0 Å². The summed E-state index contributed by atoms with van der Waals surface area (Å²) in [5.74, 6) is 0.669. The zero-order chi connectivity index (χ0) is 16.4. The van der Waals surface area contributed by atoms with Crippen molar-refractivity contribution in [1.29, 1.82) is 0 Å². The third-order valence-electron chi connectivity index (χ3n) is 3.75. The number of benzene rings is 2. The molecule has 0 atom stereocenters. The highest BCUT2D eigenvalue weighted by Crippen LogP contribution is 2.28. The fraction of sp³-hybridized carbons (Fsp3) is 0.118. The topological polar surface area (TPSA) is 63.8 Å². The Morgan fingerprint density at radius 1 is 1.12 bits per heavy atom. The van der Waals surface area contributed by atoms with Gasteiger partial charge in [-0.15, -0.1) is 0 Å². The molecule has 120 valence electrons. The summed E-state index contributed by atoms with van der Waals surface area (Å²) in [7, 11) is 0. The lowest BCUT2D eigenvalue weighted by atomic mass is 10.1. The molecule has 2 aromatic heterocycles. The highest BCUT2D eigenvalue weighted by Gasteiger charge is 2.08. The van der Waals surface area contributed by atoms with Gasteiger partial charge in [0.05, 0.1) is 22.9 Å². The Hall–Kier alpha value is -2.28. The predicted molar refractivity (Wildman–Crippen MR) is 94.9 cm³/mol. The molecule has 1 N–H and O–H groups in total. The van der Waals surface area contributed by atoms with Crippen molar-refractivity contribution in [2.45, 2.75) is 13.1 Å². The Bertz CT molecular complexity index is 968. The van der Waals surface area contributed by atoms with Crippen molar-refractivity contribution in [3.63, 3.8) is 0 Å². The lowest BCUT2D eigenvalue weighted by Gasteiger charge is -2.08. The highest BCUT2D eigenvalue weighted by molar-refractivity contribution is 7.00. The SMILES string of the molecule is Clc1cc(CNCc2cccc3nsnc23)ccc1-c1cnco1. The number of oxazole rings is 1. The molecule has 0 saturated carbocycles. The molecule has 0 saturated heterocycles. The molecule has 0 aliphatic heterocycles. The van der Waals surface area contributed by atoms with Gasteiger partial charge < -0.3 is 9.73 Å². The standard InChI is InChI=1S/C17H13ClN4OS/c18-14-6-11(4-5-13(14)16-9-20-10-23-16)7-19-8-12-2-1-3-15-17(12)22-24-21-15/h1-6,9-10,19H,7-8H2. The maximum Gasteiger partial charge on any atom is 0.181 e. The zero-order valence-electron chi connectivity index (χ0n) is 12.6. The van der Waals surface area contributed by atoms with Gasteiger partial charge in [0.25, 0.3) is 0 Å². The summed E-state index contributed by atoms with van der Waals surface area (Å²) in [5.41, 5.74) is 5.00. The second kappa shape index (κ2) is 6.68. The van der Waals surface area contributed by atoms with Crippen LogP contribution in [-0.2, 0) is 13.1 Å². The first-order chi connectivity index (χ1) is 11.8. The summed E-state index contributed by atoms with van der Waals surface area (Å²) < 4.78 is 13.9. The first-order valence-corrected chi connectivity index (χ1v) is 8.50. The van der Waals surface area contributed by atoms with Gasteiger partial charge in [0.1, 0.15) is 11.0 Å². The van der Waals surface area contributed by atoms with Crippen LogP contribution >= 0.6 is 23.3 Å². The van der Waals surface area contributed by atoms with Crippen LogP contribution in [0.1, 0.15) is 11.1 Å². The van der Waals surface area contributed by atoms with Gasteiger partial charge >= 0.3 is 0 Å². The number of hydrogen-bond acceptors (Lipinski definition) is 6. The zero-order valence-corrected chi connectivity index (χ0v) is 14.1. The molecular weight excluding hydrogens is 344 g/mol. The Morgan fingerprint density at radius 2 is 2.08 bits per heavy atom. The molecule has 2 aromatic carbocycles. The van der Waals surface area contributed by atoms with Crippen molar-refractivity contribution in [3.8, 4) is 11.3 Å². The predicted octanol–water partition coefficient (Wildman–Crippen LogP) is 4.29. The van der Waals surface area contributed by atoms with E-state index in [2.05, 4.69) is 25.1 Å². The molecule has 4 rings (SSSR count). The Balaban J connectivity index is 1.45. The summed E-state index contributed by atoms with van der Waals surface area (Å²) in [5, 5.41) is 4.07. The van der Waals surface area contributed by atoms with E-state index in [4.69, 9.17) is 16.0 Å². The quantitative estimate of drug-likeness (QED) is 0.578. The molecule has 0 aliphatic carbocycles. The van der Waals surface area contributed by atoms with Gasteiger partial charge in [0.2, 0.25) is 0 Å². The summed E-state index contributed by atoms with van der Waals surface area (Å²) in [6.07, 6.45) is 3.05. The van der Waals surface area contributed by atoms with Crippen LogP contribution in [0.15, 0.2) is 53.4 Å². The number of nitrogens with zero attached hydrogens (tertiary/aromatic N) is 3. The molecular formula is C17H13ClN4OS. The lowest BCUT2D eigenvalue weighted by Crippen LogP contribution is -2.13. The van der Waals surface area contributed by atoms with Crippen LogP contribution in [0.3, 0.4) is 0 Å². The lowest BCUT2D eigenvalue weighted by molar-refractivity contribution is 0.572. The molecule has 0 aliphatic rings. The molecule has 0 fully saturated rings. The number of rotatable bonds is 5. The molecule has 0 radical (unpaired) electrons. The summed E-state index contributed by atoms with van der Waals surface area (Å²) in [4.78, 5) is 3.92. The second-order valence-electron chi connectivity index (χ2n) is 5.33. The van der Waals surface area contributed by atoms with Gasteiger partial charge in [0.15, 0.2) is 12.2 Å². The Labute approximate surface area is 147 Å². The molecule has 2 heterocycles. The number of aromatic nitrogens is 3. The molecule has 0 amide bonds. The van der Waals surface area contributed by atoms with Gasteiger partial charge in [-0.05, 0) is 29.3 Å². The van der Waals surface area contributed by atoms with E-state index in [1.807, 2.05) is 30.3 Å². The summed E-state index contributed by atoms with van der Waals surface area (Å²) >= 11 is 7.59. The largest absolute Gasteiger partial charge is 0.443 e. The van der Waals surface area contributed by atoms with E-state index in [0.717, 1.165) is 34.3 Å². The van der Waals surface area contributed by atoms with Crippen LogP contribution in [0, 0.1) is 0 Å². The smallest absolute Gasteiger partial charge is 0.181 e. The van der Waals surface area contributed by atoms with Gasteiger partial charge in [-0.3, -0.25) is 0 Å². The molecule has 0 bridgehead atoms. The number of nitrogens with one attached hydrogen (secondary N) is 1. The molecule has 5 nitrogen and oxygen atoms in total. The van der Waals surface area contributed by atoms with E-state index in [1.54, 1.807) is 6.20 Å². The number of hydrogen-bond donors (Lipinski definition) is 1. The van der Waals surface area contributed by atoms with Gasteiger partial charge in [-0.2, -0.15) is 8.75 Å². The molecule has 0 spiro atoms. The Morgan fingerprint density at radius 3 is 2.92 bits per heavy atom. The van der Waals surface area contributed by atoms with E-state index in [9.17, 15) is 0 Å². The number of halogens is 1. The van der Waals surface area contributed by atoms with Gasteiger partial charge in [-0.1, -0.05) is 29.8 Å². The van der Waals surface area contributed by atoms with Crippen molar-refractivity contribution < 1.29 is 4.42 Å². The highest BCUT2D eigenvalue weighted by atomic mass is 35.5. The fourth-order valence-electron chi connectivity index (χ4n) is 2.56. The van der Waals surface area contributed by atoms with Crippen molar-refractivity contribution in [1.82, 2.24) is 19.0 Å². The molecule has 4 aromatic rings. The van der Waals surface area contributed by atoms with Crippen molar-refractivity contribution in [3.05, 3.63) is 65.1 Å². The first kappa shape index (κ1) is 15.3. The third kappa shape index (κ3) is 3.03. The summed E-state index contributed by atoms with van der Waals surface area (Å²) in [6.45, 7) is 1.44. The molecule has 7 heteroatoms. The van der Waals surface area contributed by atoms with Crippen LogP contribution in [0.25, 0.3) is 22.4 Å². The average Bonchev–Trinajstić information content (AvgIpc) is 3.27. The fourth-order valence-corrected chi connectivity index (χ4v) is 3.43. The maximum absolute atomic E-state index is 6.35. The first-order valence-electron chi connectivity index (χ1n) is 7.39. The van der Waals surface area contributed by atoms with Crippen LogP contribution in [0.2, 0.25) is 5.02 Å². The number of fused-ring (bicyclic) bond motifs is 1. The minimum absolute atomic E-state index is 0.650. The average molecular weight is 357 g/mol. The van der Waals surface area contributed by atoms with E-state index < -0.39 is 0 Å². The van der Waals surface area contributed by atoms with E-state index in [1.165, 1.54) is 18.1 Å². The van der Waals surface area contributed by atoms with Crippen molar-refractivity contribution >= 4 is 34.4 Å². The van der Waals surface area contributed by atoms with Gasteiger partial charge in [0, 0.05) is 18.7 Å². The molecule has 24 heavy (non-hydrogen) atoms. The van der Waals surface area contributed by atoms with Crippen LogP contribution < -0.4 is 5.32 Å². The van der Waals surface area contributed by atoms with Crippen LogP contribution in [-0.4, -0.2) is 13.7 Å². The maximum atomic E-state index is 6.35. The van der Waals surface area contributed by atoms with Crippen molar-refractivity contribution in [2.24, 2.45) is 0 Å². The van der Waals surface area contributed by atoms with Crippen molar-refractivity contribution in [2.75, 3.05) is 0 Å². The van der Waals surface area contributed by atoms with E-state index in [-0.39, 0.29) is 0 Å². The third-order valence-corrected chi connectivity index (χ3v) is 4.60. The van der Waals surface area contributed by atoms with Crippen LogP contribution in [0.5, 0.6) is 0 Å².